The summed E-state index contributed by atoms with van der Waals surface area (Å²) in [6.45, 7) is 0.638. The van der Waals surface area contributed by atoms with Crippen molar-refractivity contribution >= 4 is 11.4 Å². The summed E-state index contributed by atoms with van der Waals surface area (Å²) in [5, 5.41) is 14.3. The molecule has 5 nitrogen and oxygen atoms in total. The SMILES string of the molecule is COc1cc(NCC2C3Cc4ccccc4C23)c([N+](=O)[O-])cc1F. The molecule has 2 aromatic carbocycles. The molecule has 3 atom stereocenters. The molecule has 3 unspecified atom stereocenters. The highest BCUT2D eigenvalue weighted by Gasteiger charge is 2.54. The van der Waals surface area contributed by atoms with Crippen LogP contribution in [0.2, 0.25) is 0 Å². The summed E-state index contributed by atoms with van der Waals surface area (Å²) in [5.74, 6) is 0.887. The molecule has 1 N–H and O–H groups in total. The van der Waals surface area contributed by atoms with Gasteiger partial charge in [0.15, 0.2) is 11.6 Å². The van der Waals surface area contributed by atoms with E-state index in [1.807, 2.05) is 0 Å². The summed E-state index contributed by atoms with van der Waals surface area (Å²) < 4.78 is 18.6. The fourth-order valence-electron chi connectivity index (χ4n) is 3.98. The second-order valence-electron chi connectivity index (χ2n) is 6.40. The molecule has 24 heavy (non-hydrogen) atoms. The Hall–Kier alpha value is -2.63. The van der Waals surface area contributed by atoms with Crippen LogP contribution in [0.1, 0.15) is 17.0 Å². The summed E-state index contributed by atoms with van der Waals surface area (Å²) in [6, 6.07) is 10.7. The van der Waals surface area contributed by atoms with Crippen LogP contribution in [0.5, 0.6) is 5.75 Å². The Bertz CT molecular complexity index is 824. The van der Waals surface area contributed by atoms with E-state index in [4.69, 9.17) is 4.74 Å². The molecule has 6 heteroatoms. The second kappa shape index (κ2) is 5.47. The predicted octanol–water partition coefficient (Wildman–Crippen LogP) is 3.74. The molecule has 0 spiro atoms. The van der Waals surface area contributed by atoms with Crippen LogP contribution in [-0.4, -0.2) is 18.6 Å². The Morgan fingerprint density at radius 3 is 2.92 bits per heavy atom. The van der Waals surface area contributed by atoms with Crippen LogP contribution in [0, 0.1) is 27.8 Å². The zero-order chi connectivity index (χ0) is 16.8. The van der Waals surface area contributed by atoms with Gasteiger partial charge in [-0.05, 0) is 35.3 Å². The number of nitrogens with one attached hydrogen (secondary N) is 1. The van der Waals surface area contributed by atoms with E-state index in [1.165, 1.54) is 24.3 Å². The van der Waals surface area contributed by atoms with Crippen molar-refractivity contribution in [3.05, 3.63) is 63.5 Å². The van der Waals surface area contributed by atoms with Crippen LogP contribution >= 0.6 is 0 Å². The van der Waals surface area contributed by atoms with Gasteiger partial charge in [0.2, 0.25) is 0 Å². The van der Waals surface area contributed by atoms with E-state index >= 15 is 0 Å². The number of ether oxygens (including phenoxy) is 1. The Labute approximate surface area is 138 Å². The number of hydrogen-bond acceptors (Lipinski definition) is 4. The third kappa shape index (κ3) is 2.29. The lowest BCUT2D eigenvalue weighted by atomic mass is 10.0. The Morgan fingerprint density at radius 2 is 2.17 bits per heavy atom. The fraction of sp³-hybridized carbons (Fsp3) is 0.333. The van der Waals surface area contributed by atoms with E-state index in [2.05, 4.69) is 29.6 Å². The number of nitrogens with zero attached hydrogens (tertiary/aromatic N) is 1. The Kier molecular flexibility index (Phi) is 3.40. The third-order valence-corrected chi connectivity index (χ3v) is 5.20. The molecule has 2 aromatic rings. The molecule has 0 bridgehead atoms. The quantitative estimate of drug-likeness (QED) is 0.671. The summed E-state index contributed by atoms with van der Waals surface area (Å²) >= 11 is 0. The molecule has 2 aliphatic rings. The van der Waals surface area contributed by atoms with Crippen LogP contribution in [0.3, 0.4) is 0 Å². The number of methoxy groups -OCH3 is 1. The number of nitro benzene ring substituents is 1. The van der Waals surface area contributed by atoms with Crippen molar-refractivity contribution in [3.8, 4) is 5.75 Å². The first-order valence-corrected chi connectivity index (χ1v) is 7.93. The number of rotatable bonds is 5. The lowest BCUT2D eigenvalue weighted by molar-refractivity contribution is -0.384. The average molecular weight is 328 g/mol. The molecule has 1 fully saturated rings. The summed E-state index contributed by atoms with van der Waals surface area (Å²) in [7, 11) is 1.34. The highest BCUT2D eigenvalue weighted by atomic mass is 19.1. The van der Waals surface area contributed by atoms with Crippen molar-refractivity contribution in [2.24, 2.45) is 11.8 Å². The second-order valence-corrected chi connectivity index (χ2v) is 6.40. The molecular formula is C18H17FN2O3. The first kappa shape index (κ1) is 14.9. The van der Waals surface area contributed by atoms with E-state index in [0.717, 1.165) is 12.5 Å². The Morgan fingerprint density at radius 1 is 1.38 bits per heavy atom. The number of hydrogen-bond donors (Lipinski definition) is 1. The molecule has 0 amide bonds. The maximum absolute atomic E-state index is 13.7. The standard InChI is InChI=1S/C18H17FN2O3/c1-24-17-8-15(16(21(22)23)7-14(17)19)20-9-13-12-6-10-4-2-3-5-11(10)18(12)13/h2-5,7-8,12-13,18,20H,6,9H2,1H3. The van der Waals surface area contributed by atoms with Crippen molar-refractivity contribution in [2.75, 3.05) is 19.0 Å². The van der Waals surface area contributed by atoms with E-state index in [1.54, 1.807) is 0 Å². The maximum atomic E-state index is 13.7. The minimum Gasteiger partial charge on any atom is -0.494 e. The molecule has 124 valence electrons. The van der Waals surface area contributed by atoms with Gasteiger partial charge in [0.25, 0.3) is 5.69 Å². The van der Waals surface area contributed by atoms with E-state index in [9.17, 15) is 14.5 Å². The van der Waals surface area contributed by atoms with Crippen molar-refractivity contribution < 1.29 is 14.1 Å². The number of benzene rings is 2. The highest BCUT2D eigenvalue weighted by Crippen LogP contribution is 2.61. The molecule has 1 saturated carbocycles. The first-order chi connectivity index (χ1) is 11.6. The van der Waals surface area contributed by atoms with Gasteiger partial charge in [0, 0.05) is 12.6 Å². The predicted molar refractivity (Wildman–Crippen MR) is 88.0 cm³/mol. The molecule has 4 rings (SSSR count). The van der Waals surface area contributed by atoms with Gasteiger partial charge >= 0.3 is 0 Å². The number of nitro groups is 1. The number of fused-ring (bicyclic) bond motifs is 3. The van der Waals surface area contributed by atoms with Crippen molar-refractivity contribution in [1.82, 2.24) is 0 Å². The van der Waals surface area contributed by atoms with Crippen molar-refractivity contribution in [1.29, 1.82) is 0 Å². The highest BCUT2D eigenvalue weighted by molar-refractivity contribution is 5.65. The zero-order valence-electron chi connectivity index (χ0n) is 13.2. The van der Waals surface area contributed by atoms with E-state index < -0.39 is 10.7 Å². The van der Waals surface area contributed by atoms with Gasteiger partial charge in [-0.25, -0.2) is 4.39 Å². The van der Waals surface area contributed by atoms with E-state index in [-0.39, 0.29) is 11.4 Å². The lowest BCUT2D eigenvalue weighted by Crippen LogP contribution is -2.10. The maximum Gasteiger partial charge on any atom is 0.295 e. The number of halogens is 1. The zero-order valence-corrected chi connectivity index (χ0v) is 13.2. The van der Waals surface area contributed by atoms with Crippen LogP contribution < -0.4 is 10.1 Å². The lowest BCUT2D eigenvalue weighted by Gasteiger charge is -2.11. The Balaban J connectivity index is 1.51. The van der Waals surface area contributed by atoms with Gasteiger partial charge in [-0.2, -0.15) is 0 Å². The van der Waals surface area contributed by atoms with Crippen LogP contribution in [0.15, 0.2) is 36.4 Å². The summed E-state index contributed by atoms with van der Waals surface area (Å²) in [4.78, 5) is 10.6. The van der Waals surface area contributed by atoms with Crippen LogP contribution in [0.4, 0.5) is 15.8 Å². The monoisotopic (exact) mass is 328 g/mol. The molecule has 2 aliphatic carbocycles. The van der Waals surface area contributed by atoms with Gasteiger partial charge in [0.05, 0.1) is 18.1 Å². The average Bonchev–Trinajstić information content (AvgIpc) is 3.11. The largest absolute Gasteiger partial charge is 0.494 e. The molecule has 0 heterocycles. The number of anilines is 1. The molecule has 0 aliphatic heterocycles. The van der Waals surface area contributed by atoms with E-state index in [0.29, 0.717) is 30.0 Å². The molecule has 0 radical (unpaired) electrons. The van der Waals surface area contributed by atoms with Gasteiger partial charge in [-0.1, -0.05) is 24.3 Å². The van der Waals surface area contributed by atoms with Crippen LogP contribution in [-0.2, 0) is 6.42 Å². The third-order valence-electron chi connectivity index (χ3n) is 5.20. The summed E-state index contributed by atoms with van der Waals surface area (Å²) in [6.07, 6.45) is 1.07. The summed E-state index contributed by atoms with van der Waals surface area (Å²) in [5.41, 5.74) is 2.86. The van der Waals surface area contributed by atoms with Crippen molar-refractivity contribution in [3.63, 3.8) is 0 Å². The molecule has 0 aromatic heterocycles. The smallest absolute Gasteiger partial charge is 0.295 e. The van der Waals surface area contributed by atoms with Gasteiger partial charge < -0.3 is 10.1 Å². The van der Waals surface area contributed by atoms with Gasteiger partial charge in [0.1, 0.15) is 5.69 Å². The van der Waals surface area contributed by atoms with Gasteiger partial charge in [-0.15, -0.1) is 0 Å². The first-order valence-electron chi connectivity index (χ1n) is 7.93. The normalized spacial score (nSPS) is 23.3. The fourth-order valence-corrected chi connectivity index (χ4v) is 3.98. The van der Waals surface area contributed by atoms with Gasteiger partial charge in [-0.3, -0.25) is 10.1 Å². The topological polar surface area (TPSA) is 64.4 Å². The minimum absolute atomic E-state index is 0.00411. The van der Waals surface area contributed by atoms with Crippen molar-refractivity contribution in [2.45, 2.75) is 12.3 Å². The molecule has 0 saturated heterocycles. The molecular weight excluding hydrogens is 311 g/mol. The minimum atomic E-state index is -0.730. The van der Waals surface area contributed by atoms with Crippen LogP contribution in [0.25, 0.3) is 0 Å².